The summed E-state index contributed by atoms with van der Waals surface area (Å²) in [6.07, 6.45) is 0.946. The van der Waals surface area contributed by atoms with Gasteiger partial charge in [-0.2, -0.15) is 0 Å². The second kappa shape index (κ2) is 13.4. The number of ether oxygens (including phenoxy) is 1. The standard InChI is InChI=1S/C62H39NO/c1-2-18-41(19-3-1)63(57-31-16-28-51-47-24-9-8-23-46(47)50-26-12-15-32-58(50)64-61(51)57)42-34-35-49-45-22-7-6-21-44(45)48-25-10-13-29-53(48)62(56(49)38-42)54-30-14-11-27-52(54)60-55(62)36-33-40-37-39-17-4-5-20-43(39)59(40)60/h1-36,38H,37H2. The normalized spacial score (nSPS) is 15.0. The minimum atomic E-state index is -0.649. The van der Waals surface area contributed by atoms with Crippen molar-refractivity contribution in [2.75, 3.05) is 4.90 Å². The number of fused-ring (bicyclic) bond motifs is 21. The van der Waals surface area contributed by atoms with Gasteiger partial charge in [0.25, 0.3) is 0 Å². The summed E-state index contributed by atoms with van der Waals surface area (Å²) in [5, 5.41) is 0. The van der Waals surface area contributed by atoms with Gasteiger partial charge in [0.1, 0.15) is 5.75 Å². The quantitative estimate of drug-likeness (QED) is 0.176. The van der Waals surface area contributed by atoms with Crippen LogP contribution in [0.25, 0.3) is 66.8 Å². The van der Waals surface area contributed by atoms with Crippen molar-refractivity contribution >= 4 is 17.1 Å². The van der Waals surface area contributed by atoms with Gasteiger partial charge in [-0.25, -0.2) is 0 Å². The average Bonchev–Trinajstić information content (AvgIpc) is 3.80. The summed E-state index contributed by atoms with van der Waals surface area (Å²) in [5.74, 6) is 1.67. The van der Waals surface area contributed by atoms with Gasteiger partial charge in [-0.3, -0.25) is 0 Å². The fraction of sp³-hybridized carbons (Fsp3) is 0.0323. The first-order valence-corrected chi connectivity index (χ1v) is 22.3. The molecule has 2 nitrogen and oxygen atoms in total. The Balaban J connectivity index is 1.10. The lowest BCUT2D eigenvalue weighted by Gasteiger charge is -2.37. The molecule has 1 unspecified atom stereocenters. The number of anilines is 3. The summed E-state index contributed by atoms with van der Waals surface area (Å²) in [6.45, 7) is 0. The topological polar surface area (TPSA) is 12.5 Å². The summed E-state index contributed by atoms with van der Waals surface area (Å²) >= 11 is 0. The van der Waals surface area contributed by atoms with Crippen molar-refractivity contribution < 1.29 is 4.74 Å². The molecule has 0 saturated carbocycles. The number of benzene rings is 10. The molecule has 0 fully saturated rings. The highest BCUT2D eigenvalue weighted by atomic mass is 16.5. The molecule has 1 spiro atoms. The van der Waals surface area contributed by atoms with Crippen LogP contribution in [-0.2, 0) is 11.8 Å². The number of rotatable bonds is 3. The van der Waals surface area contributed by atoms with E-state index in [0.717, 1.165) is 57.2 Å². The maximum Gasteiger partial charge on any atom is 0.159 e. The molecule has 298 valence electrons. The van der Waals surface area contributed by atoms with Gasteiger partial charge in [-0.05, 0) is 132 Å². The maximum absolute atomic E-state index is 7.18. The van der Waals surface area contributed by atoms with Gasteiger partial charge >= 0.3 is 0 Å². The summed E-state index contributed by atoms with van der Waals surface area (Å²) in [4.78, 5) is 2.41. The van der Waals surface area contributed by atoms with Crippen molar-refractivity contribution in [2.45, 2.75) is 11.8 Å². The highest BCUT2D eigenvalue weighted by Gasteiger charge is 2.51. The summed E-state index contributed by atoms with van der Waals surface area (Å²) < 4.78 is 7.18. The van der Waals surface area contributed by atoms with Crippen LogP contribution >= 0.6 is 0 Å². The van der Waals surface area contributed by atoms with E-state index in [1.54, 1.807) is 0 Å². The third-order valence-electron chi connectivity index (χ3n) is 14.3. The minimum Gasteiger partial charge on any atom is -0.454 e. The van der Waals surface area contributed by atoms with Crippen LogP contribution in [0.4, 0.5) is 17.1 Å². The number of hydrogen-bond donors (Lipinski definition) is 0. The lowest BCUT2D eigenvalue weighted by atomic mass is 9.65. The van der Waals surface area contributed by atoms with Gasteiger partial charge in [-0.1, -0.05) is 188 Å². The number of hydrogen-bond acceptors (Lipinski definition) is 2. The Bertz CT molecular complexity index is 3580. The van der Waals surface area contributed by atoms with Crippen LogP contribution < -0.4 is 9.64 Å². The van der Waals surface area contributed by atoms with Crippen LogP contribution in [-0.4, -0.2) is 0 Å². The second-order valence-corrected chi connectivity index (χ2v) is 17.4. The van der Waals surface area contributed by atoms with Gasteiger partial charge in [0.15, 0.2) is 5.75 Å². The van der Waals surface area contributed by atoms with Crippen LogP contribution in [0.15, 0.2) is 224 Å². The van der Waals surface area contributed by atoms with Gasteiger partial charge in [0, 0.05) is 22.5 Å². The van der Waals surface area contributed by atoms with E-state index in [-0.39, 0.29) is 0 Å². The second-order valence-electron chi connectivity index (χ2n) is 17.4. The lowest BCUT2D eigenvalue weighted by Crippen LogP contribution is -2.29. The minimum absolute atomic E-state index is 0.649. The van der Waals surface area contributed by atoms with Gasteiger partial charge < -0.3 is 9.64 Å². The van der Waals surface area contributed by atoms with Crippen molar-refractivity contribution in [3.8, 4) is 78.3 Å². The van der Waals surface area contributed by atoms with Crippen molar-refractivity contribution in [3.05, 3.63) is 258 Å². The Morgan fingerprint density at radius 2 is 0.891 bits per heavy atom. The molecule has 64 heavy (non-hydrogen) atoms. The highest BCUT2D eigenvalue weighted by molar-refractivity contribution is 6.04. The smallest absolute Gasteiger partial charge is 0.159 e. The molecule has 14 rings (SSSR count). The highest BCUT2D eigenvalue weighted by Crippen LogP contribution is 2.65. The first-order chi connectivity index (χ1) is 31.8. The Morgan fingerprint density at radius 3 is 1.66 bits per heavy atom. The monoisotopic (exact) mass is 813 g/mol. The van der Waals surface area contributed by atoms with Crippen LogP contribution in [0.5, 0.6) is 11.5 Å². The third kappa shape index (κ3) is 4.74. The van der Waals surface area contributed by atoms with E-state index in [0.29, 0.717) is 0 Å². The molecule has 2 heteroatoms. The predicted molar refractivity (Wildman–Crippen MR) is 262 cm³/mol. The summed E-state index contributed by atoms with van der Waals surface area (Å²) in [7, 11) is 0. The number of nitrogens with zero attached hydrogens (tertiary/aromatic N) is 1. The molecule has 0 bridgehead atoms. The van der Waals surface area contributed by atoms with Gasteiger partial charge in [-0.15, -0.1) is 0 Å². The lowest BCUT2D eigenvalue weighted by molar-refractivity contribution is 0.489. The third-order valence-corrected chi connectivity index (χ3v) is 14.3. The van der Waals surface area contributed by atoms with Crippen LogP contribution in [0.2, 0.25) is 0 Å². The molecule has 1 atom stereocenters. The zero-order valence-electron chi connectivity index (χ0n) is 34.9. The molecule has 1 heterocycles. The predicted octanol–water partition coefficient (Wildman–Crippen LogP) is 16.2. The van der Waals surface area contributed by atoms with Crippen molar-refractivity contribution in [3.63, 3.8) is 0 Å². The first-order valence-electron chi connectivity index (χ1n) is 22.3. The van der Waals surface area contributed by atoms with Crippen molar-refractivity contribution in [1.29, 1.82) is 0 Å². The summed E-state index contributed by atoms with van der Waals surface area (Å²) in [6, 6.07) is 83.1. The fourth-order valence-corrected chi connectivity index (χ4v) is 11.8. The van der Waals surface area contributed by atoms with E-state index in [9.17, 15) is 0 Å². The molecular weight excluding hydrogens is 775 g/mol. The molecule has 0 saturated heterocycles. The SMILES string of the molecule is c1ccc(N(c2ccc3c(c2)C2(c4ccccc4-c4ccccc4-3)c3ccccc3-c3c2ccc2c3-c3ccccc3C2)c2cccc3c2Oc2ccccc2-c2ccccc2-3)cc1. The summed E-state index contributed by atoms with van der Waals surface area (Å²) in [5.41, 5.74) is 25.3. The van der Waals surface area contributed by atoms with E-state index >= 15 is 0 Å². The Kier molecular flexibility index (Phi) is 7.41. The van der Waals surface area contributed by atoms with Crippen LogP contribution in [0.3, 0.4) is 0 Å². The maximum atomic E-state index is 7.18. The zero-order chi connectivity index (χ0) is 41.9. The molecule has 10 aromatic carbocycles. The van der Waals surface area contributed by atoms with Crippen LogP contribution in [0, 0.1) is 0 Å². The van der Waals surface area contributed by atoms with E-state index in [2.05, 4.69) is 229 Å². The molecular formula is C62H39NO. The van der Waals surface area contributed by atoms with Gasteiger partial charge in [0.05, 0.1) is 11.1 Å². The average molecular weight is 814 g/mol. The van der Waals surface area contributed by atoms with E-state index in [4.69, 9.17) is 4.74 Å². The molecule has 10 aromatic rings. The molecule has 4 aliphatic rings. The Morgan fingerprint density at radius 1 is 0.328 bits per heavy atom. The molecule has 0 aromatic heterocycles. The van der Waals surface area contributed by atoms with Crippen molar-refractivity contribution in [1.82, 2.24) is 0 Å². The van der Waals surface area contributed by atoms with E-state index in [1.807, 2.05) is 0 Å². The molecule has 3 aliphatic carbocycles. The molecule has 0 N–H and O–H groups in total. The van der Waals surface area contributed by atoms with E-state index < -0.39 is 5.41 Å². The Hall–Kier alpha value is -8.20. The van der Waals surface area contributed by atoms with Gasteiger partial charge in [0.2, 0.25) is 0 Å². The fourth-order valence-electron chi connectivity index (χ4n) is 11.8. The first kappa shape index (κ1) is 35.4. The largest absolute Gasteiger partial charge is 0.454 e. The van der Waals surface area contributed by atoms with Crippen molar-refractivity contribution in [2.24, 2.45) is 0 Å². The molecule has 1 aliphatic heterocycles. The Labute approximate surface area is 373 Å². The number of para-hydroxylation sites is 3. The zero-order valence-corrected chi connectivity index (χ0v) is 34.9. The molecule has 0 amide bonds. The molecule has 0 radical (unpaired) electrons. The van der Waals surface area contributed by atoms with E-state index in [1.165, 1.54) is 77.9 Å². The van der Waals surface area contributed by atoms with Crippen LogP contribution in [0.1, 0.15) is 33.4 Å².